The smallest absolute Gasteiger partial charge is 0.336 e. The van der Waals surface area contributed by atoms with Gasteiger partial charge in [0.2, 0.25) is 0 Å². The number of amides is 1. The van der Waals surface area contributed by atoms with Crippen LogP contribution < -0.4 is 10.8 Å². The average Bonchev–Trinajstić information content (AvgIpc) is 2.79. The van der Waals surface area contributed by atoms with Gasteiger partial charge in [0.15, 0.2) is 0 Å². The second-order valence-corrected chi connectivity index (χ2v) is 6.77. The summed E-state index contributed by atoms with van der Waals surface area (Å²) >= 11 is 0. The van der Waals surface area contributed by atoms with Crippen molar-refractivity contribution in [1.29, 1.82) is 0 Å². The van der Waals surface area contributed by atoms with Crippen molar-refractivity contribution < 1.29 is 39.3 Å². The predicted molar refractivity (Wildman–Crippen MR) is 114 cm³/mol. The highest BCUT2D eigenvalue weighted by atomic mass is 16.6. The van der Waals surface area contributed by atoms with Gasteiger partial charge in [0.1, 0.15) is 12.2 Å². The number of nitro groups is 2. The van der Waals surface area contributed by atoms with E-state index in [1.54, 1.807) is 0 Å². The summed E-state index contributed by atoms with van der Waals surface area (Å²) in [7, 11) is 0. The Morgan fingerprint density at radius 2 is 1.41 bits per heavy atom. The molecule has 0 saturated carbocycles. The molecular formula is C20H20N4O10. The first-order valence-electron chi connectivity index (χ1n) is 9.78. The molecule has 34 heavy (non-hydrogen) atoms. The maximum Gasteiger partial charge on any atom is 0.336 e. The molecule has 0 aliphatic carbocycles. The summed E-state index contributed by atoms with van der Waals surface area (Å²) in [6.45, 7) is -0.0468. The van der Waals surface area contributed by atoms with E-state index >= 15 is 0 Å². The third-order valence-electron chi connectivity index (χ3n) is 4.58. The summed E-state index contributed by atoms with van der Waals surface area (Å²) in [5, 5.41) is 43.1. The van der Waals surface area contributed by atoms with E-state index in [9.17, 15) is 44.8 Å². The van der Waals surface area contributed by atoms with Gasteiger partial charge in [-0.05, 0) is 25.0 Å². The van der Waals surface area contributed by atoms with E-state index in [-0.39, 0.29) is 36.5 Å². The fourth-order valence-corrected chi connectivity index (χ4v) is 3.01. The molecule has 0 spiro atoms. The number of carboxylic acid groups (broad SMARTS) is 2. The number of nitro benzene ring substituents is 2. The summed E-state index contributed by atoms with van der Waals surface area (Å²) in [5.74, 6) is -3.70. The maximum atomic E-state index is 12.3. The molecule has 0 saturated heterocycles. The standard InChI is InChI=1S/C20H20N4O10/c25-18(17-13(20(28)29)6-4-8-16(17)24(32)33)21-9-1-2-10-22-34-11-14-12(19(26)27)5-3-7-15(14)23(30)31/h3-8,22H,1-2,9-11H2,(H,21,25)(H,26,27)(H,28,29). The van der Waals surface area contributed by atoms with E-state index < -0.39 is 44.5 Å². The highest BCUT2D eigenvalue weighted by molar-refractivity contribution is 6.07. The Labute approximate surface area is 191 Å². The molecule has 0 unspecified atom stereocenters. The number of carboxylic acids is 2. The molecule has 0 aliphatic rings. The van der Waals surface area contributed by atoms with Gasteiger partial charge in [-0.1, -0.05) is 12.1 Å². The first kappa shape index (κ1) is 25.8. The number of hydroxylamine groups is 1. The number of carbonyl (C=O) groups excluding carboxylic acids is 1. The van der Waals surface area contributed by atoms with E-state index in [0.717, 1.165) is 12.1 Å². The van der Waals surface area contributed by atoms with Crippen LogP contribution in [-0.2, 0) is 11.4 Å². The number of nitrogens with zero attached hydrogens (tertiary/aromatic N) is 2. The summed E-state index contributed by atoms with van der Waals surface area (Å²) in [6.07, 6.45) is 0.822. The number of unbranched alkanes of at least 4 members (excludes halogenated alkanes) is 1. The summed E-state index contributed by atoms with van der Waals surface area (Å²) in [5.41, 5.74) is 0.144. The van der Waals surface area contributed by atoms with E-state index in [1.807, 2.05) is 0 Å². The fourth-order valence-electron chi connectivity index (χ4n) is 3.01. The lowest BCUT2D eigenvalue weighted by Crippen LogP contribution is -2.28. The molecule has 2 aromatic carbocycles. The van der Waals surface area contributed by atoms with Crippen molar-refractivity contribution in [3.8, 4) is 0 Å². The first-order chi connectivity index (χ1) is 16.1. The Hall–Kier alpha value is -4.43. The van der Waals surface area contributed by atoms with Gasteiger partial charge in [0.25, 0.3) is 17.3 Å². The normalized spacial score (nSPS) is 10.5. The van der Waals surface area contributed by atoms with Crippen LogP contribution in [0.4, 0.5) is 11.4 Å². The van der Waals surface area contributed by atoms with Crippen molar-refractivity contribution in [3.63, 3.8) is 0 Å². The number of aromatic carboxylic acids is 2. The van der Waals surface area contributed by atoms with Crippen molar-refractivity contribution in [2.24, 2.45) is 0 Å². The van der Waals surface area contributed by atoms with Crippen LogP contribution in [0, 0.1) is 20.2 Å². The van der Waals surface area contributed by atoms with Crippen LogP contribution in [-0.4, -0.2) is 51.0 Å². The maximum absolute atomic E-state index is 12.3. The molecule has 2 rings (SSSR count). The predicted octanol–water partition coefficient (Wildman–Crippen LogP) is 2.13. The number of rotatable bonds is 13. The van der Waals surface area contributed by atoms with Crippen molar-refractivity contribution in [1.82, 2.24) is 10.8 Å². The Morgan fingerprint density at radius 3 is 2.00 bits per heavy atom. The molecule has 180 valence electrons. The molecule has 0 bridgehead atoms. The zero-order chi connectivity index (χ0) is 25.3. The summed E-state index contributed by atoms with van der Waals surface area (Å²) in [6, 6.07) is 6.96. The number of hydrogen-bond donors (Lipinski definition) is 4. The van der Waals surface area contributed by atoms with Gasteiger partial charge in [-0.3, -0.25) is 29.9 Å². The molecule has 14 nitrogen and oxygen atoms in total. The molecule has 1 amide bonds. The lowest BCUT2D eigenvalue weighted by atomic mass is 10.0. The van der Waals surface area contributed by atoms with Crippen molar-refractivity contribution >= 4 is 29.2 Å². The van der Waals surface area contributed by atoms with Gasteiger partial charge >= 0.3 is 11.9 Å². The number of nitrogens with one attached hydrogen (secondary N) is 2. The number of benzene rings is 2. The second kappa shape index (κ2) is 12.0. The third-order valence-corrected chi connectivity index (χ3v) is 4.58. The molecular weight excluding hydrogens is 456 g/mol. The fraction of sp³-hybridized carbons (Fsp3) is 0.250. The van der Waals surface area contributed by atoms with Gasteiger partial charge in [0, 0.05) is 25.2 Å². The van der Waals surface area contributed by atoms with Crippen LogP contribution in [0.5, 0.6) is 0 Å². The Morgan fingerprint density at radius 1 is 0.853 bits per heavy atom. The van der Waals surface area contributed by atoms with E-state index in [4.69, 9.17) is 4.84 Å². The Kier molecular flexibility index (Phi) is 9.10. The highest BCUT2D eigenvalue weighted by Crippen LogP contribution is 2.24. The van der Waals surface area contributed by atoms with Crippen LogP contribution in [0.25, 0.3) is 0 Å². The number of carbonyl (C=O) groups is 3. The average molecular weight is 476 g/mol. The van der Waals surface area contributed by atoms with Gasteiger partial charge in [0.05, 0.1) is 26.5 Å². The minimum Gasteiger partial charge on any atom is -0.478 e. The van der Waals surface area contributed by atoms with Crippen LogP contribution in [0.15, 0.2) is 36.4 Å². The molecule has 0 heterocycles. The first-order valence-corrected chi connectivity index (χ1v) is 9.78. The largest absolute Gasteiger partial charge is 0.478 e. The topological polar surface area (TPSA) is 211 Å². The SMILES string of the molecule is O=C(O)c1cccc([N+](=O)[O-])c1CONCCCCNC(=O)c1c(C(=O)O)cccc1[N+](=O)[O-]. The highest BCUT2D eigenvalue weighted by Gasteiger charge is 2.26. The van der Waals surface area contributed by atoms with Crippen molar-refractivity contribution in [3.05, 3.63) is 78.9 Å². The zero-order valence-corrected chi connectivity index (χ0v) is 17.6. The Bertz CT molecular complexity index is 1050. The van der Waals surface area contributed by atoms with Crippen molar-refractivity contribution in [2.45, 2.75) is 19.4 Å². The minimum atomic E-state index is -1.47. The van der Waals surface area contributed by atoms with Gasteiger partial charge in [-0.25, -0.2) is 15.1 Å². The van der Waals surface area contributed by atoms with E-state index in [0.29, 0.717) is 12.8 Å². The minimum absolute atomic E-state index is 0.0823. The monoisotopic (exact) mass is 476 g/mol. The van der Waals surface area contributed by atoms with Gasteiger partial charge in [-0.2, -0.15) is 0 Å². The lowest BCUT2D eigenvalue weighted by molar-refractivity contribution is -0.386. The van der Waals surface area contributed by atoms with Crippen LogP contribution in [0.1, 0.15) is 49.5 Å². The van der Waals surface area contributed by atoms with E-state index in [1.165, 1.54) is 24.3 Å². The van der Waals surface area contributed by atoms with Gasteiger partial charge < -0.3 is 15.5 Å². The second-order valence-electron chi connectivity index (χ2n) is 6.77. The molecule has 0 fully saturated rings. The van der Waals surface area contributed by atoms with Crippen LogP contribution in [0.2, 0.25) is 0 Å². The number of hydrogen-bond acceptors (Lipinski definition) is 9. The van der Waals surface area contributed by atoms with Crippen molar-refractivity contribution in [2.75, 3.05) is 13.1 Å². The quantitative estimate of drug-likeness (QED) is 0.187. The molecule has 0 atom stereocenters. The molecule has 0 aromatic heterocycles. The lowest BCUT2D eigenvalue weighted by Gasteiger charge is -2.10. The summed E-state index contributed by atoms with van der Waals surface area (Å²) in [4.78, 5) is 60.8. The van der Waals surface area contributed by atoms with Crippen LogP contribution in [0.3, 0.4) is 0 Å². The third kappa shape index (κ3) is 6.54. The van der Waals surface area contributed by atoms with Gasteiger partial charge in [-0.15, -0.1) is 0 Å². The molecule has 14 heteroatoms. The molecule has 4 N–H and O–H groups in total. The molecule has 0 radical (unpaired) electrons. The Balaban J connectivity index is 1.83. The van der Waals surface area contributed by atoms with Crippen LogP contribution >= 0.6 is 0 Å². The zero-order valence-electron chi connectivity index (χ0n) is 17.6. The summed E-state index contributed by atoms with van der Waals surface area (Å²) < 4.78 is 0. The van der Waals surface area contributed by atoms with E-state index in [2.05, 4.69) is 10.8 Å². The molecule has 2 aromatic rings. The molecule has 0 aliphatic heterocycles.